The Morgan fingerprint density at radius 2 is 2.25 bits per heavy atom. The quantitative estimate of drug-likeness (QED) is 0.657. The molecule has 1 aromatic heterocycles. The van der Waals surface area contributed by atoms with Crippen LogP contribution in [0.2, 0.25) is 0 Å². The summed E-state index contributed by atoms with van der Waals surface area (Å²) < 4.78 is 12.3. The summed E-state index contributed by atoms with van der Waals surface area (Å²) in [4.78, 5) is 17.4. The fraction of sp³-hybridized carbons (Fsp3) is 0.364. The second kappa shape index (κ2) is 5.86. The van der Waals surface area contributed by atoms with Gasteiger partial charge in [0.1, 0.15) is 0 Å². The van der Waals surface area contributed by atoms with Gasteiger partial charge in [-0.15, -0.1) is 12.4 Å². The van der Waals surface area contributed by atoms with Crippen LogP contribution in [0, 0.1) is 10.1 Å². The number of aromatic amines is 1. The Morgan fingerprint density at radius 1 is 1.45 bits per heavy atom. The van der Waals surface area contributed by atoms with Crippen LogP contribution in [0.4, 0.5) is 5.69 Å². The van der Waals surface area contributed by atoms with Gasteiger partial charge < -0.3 is 10.3 Å². The molecule has 108 valence electrons. The van der Waals surface area contributed by atoms with Gasteiger partial charge in [-0.3, -0.25) is 14.3 Å². The molecular weight excluding hydrogens is 304 g/mol. The Kier molecular flexibility index (Phi) is 4.36. The highest BCUT2D eigenvalue weighted by Gasteiger charge is 2.24. The first kappa shape index (κ1) is 14.9. The van der Waals surface area contributed by atoms with Crippen LogP contribution in [0.3, 0.4) is 0 Å². The zero-order chi connectivity index (χ0) is 13.4. The van der Waals surface area contributed by atoms with Crippen molar-refractivity contribution in [1.29, 1.82) is 0 Å². The van der Waals surface area contributed by atoms with E-state index in [1.54, 1.807) is 6.07 Å². The maximum absolute atomic E-state index is 12.3. The lowest BCUT2D eigenvalue weighted by atomic mass is 10.3. The average Bonchev–Trinajstić information content (AvgIpc) is 3.06. The first-order chi connectivity index (χ1) is 9.15. The normalized spacial score (nSPS) is 19.7. The standard InChI is InChI=1S/C11H12N4O3S.ClH/c16-15(17)7-1-2-9-10(5-7)14-11(13-9)19(18)8-3-4-12-6-8;/h1-2,5,8,12H,3-4,6H2,(H,13,14);1H/t8-,19+;/m0./s1. The zero-order valence-corrected chi connectivity index (χ0v) is 12.0. The summed E-state index contributed by atoms with van der Waals surface area (Å²) in [6.07, 6.45) is 0.851. The molecule has 3 rings (SSSR count). The van der Waals surface area contributed by atoms with Crippen LogP contribution < -0.4 is 5.32 Å². The van der Waals surface area contributed by atoms with Gasteiger partial charge in [-0.25, -0.2) is 4.98 Å². The van der Waals surface area contributed by atoms with Crippen molar-refractivity contribution in [1.82, 2.24) is 15.3 Å². The minimum atomic E-state index is -1.21. The van der Waals surface area contributed by atoms with Crippen molar-refractivity contribution in [2.24, 2.45) is 0 Å². The van der Waals surface area contributed by atoms with Crippen molar-refractivity contribution in [3.05, 3.63) is 28.3 Å². The number of H-pyrrole nitrogens is 1. The molecule has 2 heterocycles. The number of non-ortho nitro benzene ring substituents is 1. The minimum absolute atomic E-state index is 0. The van der Waals surface area contributed by atoms with E-state index in [2.05, 4.69) is 15.3 Å². The van der Waals surface area contributed by atoms with Crippen LogP contribution in [-0.4, -0.2) is 37.4 Å². The van der Waals surface area contributed by atoms with Gasteiger partial charge in [0, 0.05) is 18.7 Å². The maximum atomic E-state index is 12.3. The number of hydrogen-bond donors (Lipinski definition) is 2. The molecule has 0 radical (unpaired) electrons. The Hall–Kier alpha value is -1.51. The highest BCUT2D eigenvalue weighted by atomic mass is 35.5. The summed E-state index contributed by atoms with van der Waals surface area (Å²) >= 11 is 0. The number of hydrogen-bond acceptors (Lipinski definition) is 5. The lowest BCUT2D eigenvalue weighted by molar-refractivity contribution is -0.384. The number of nitrogens with one attached hydrogen (secondary N) is 2. The minimum Gasteiger partial charge on any atom is -0.331 e. The number of nitro benzene ring substituents is 1. The van der Waals surface area contributed by atoms with Crippen molar-refractivity contribution in [3.63, 3.8) is 0 Å². The van der Waals surface area contributed by atoms with Crippen LogP contribution in [0.15, 0.2) is 23.4 Å². The fourth-order valence-electron chi connectivity index (χ4n) is 2.15. The highest BCUT2D eigenvalue weighted by Crippen LogP contribution is 2.21. The number of aromatic nitrogens is 2. The topological polar surface area (TPSA) is 101 Å². The lowest BCUT2D eigenvalue weighted by Gasteiger charge is -2.04. The third-order valence-electron chi connectivity index (χ3n) is 3.16. The van der Waals surface area contributed by atoms with Crippen molar-refractivity contribution in [2.75, 3.05) is 13.1 Å². The molecule has 9 heteroatoms. The molecule has 2 atom stereocenters. The molecule has 1 saturated heterocycles. The molecule has 0 unspecified atom stereocenters. The molecule has 0 spiro atoms. The molecule has 20 heavy (non-hydrogen) atoms. The van der Waals surface area contributed by atoms with Gasteiger partial charge in [0.05, 0.1) is 32.0 Å². The van der Waals surface area contributed by atoms with Crippen LogP contribution in [-0.2, 0) is 10.8 Å². The molecule has 0 bridgehead atoms. The highest BCUT2D eigenvalue weighted by molar-refractivity contribution is 7.85. The van der Waals surface area contributed by atoms with Crippen molar-refractivity contribution >= 4 is 39.9 Å². The summed E-state index contributed by atoms with van der Waals surface area (Å²) in [5.74, 6) is 0. The molecule has 1 aliphatic rings. The Bertz CT molecular complexity index is 669. The van der Waals surface area contributed by atoms with E-state index >= 15 is 0 Å². The summed E-state index contributed by atoms with van der Waals surface area (Å²) in [6.45, 7) is 1.58. The Morgan fingerprint density at radius 3 is 2.90 bits per heavy atom. The smallest absolute Gasteiger partial charge is 0.271 e. The number of rotatable bonds is 3. The number of imidazole rings is 1. The summed E-state index contributed by atoms with van der Waals surface area (Å²) in [5, 5.41) is 14.3. The number of halogens is 1. The average molecular weight is 317 g/mol. The van der Waals surface area contributed by atoms with Crippen molar-refractivity contribution < 1.29 is 9.13 Å². The van der Waals surface area contributed by atoms with Gasteiger partial charge in [0.2, 0.25) is 0 Å². The second-order valence-corrected chi connectivity index (χ2v) is 6.06. The molecule has 0 aliphatic carbocycles. The van der Waals surface area contributed by atoms with E-state index in [0.29, 0.717) is 22.7 Å². The molecule has 1 aliphatic heterocycles. The van der Waals surface area contributed by atoms with Crippen molar-refractivity contribution in [2.45, 2.75) is 16.8 Å². The van der Waals surface area contributed by atoms with Crippen LogP contribution in [0.25, 0.3) is 11.0 Å². The van der Waals surface area contributed by atoms with E-state index in [1.165, 1.54) is 12.1 Å². The predicted octanol–water partition coefficient (Wildman–Crippen LogP) is 1.36. The van der Waals surface area contributed by atoms with Crippen LogP contribution in [0.5, 0.6) is 0 Å². The van der Waals surface area contributed by atoms with E-state index in [1.807, 2.05) is 0 Å². The number of fused-ring (bicyclic) bond motifs is 1. The molecular formula is C11H13ClN4O3S. The van der Waals surface area contributed by atoms with Gasteiger partial charge in [-0.2, -0.15) is 0 Å². The molecule has 0 saturated carbocycles. The van der Waals surface area contributed by atoms with E-state index in [4.69, 9.17) is 0 Å². The third-order valence-corrected chi connectivity index (χ3v) is 4.75. The summed E-state index contributed by atoms with van der Waals surface area (Å²) in [6, 6.07) is 4.38. The first-order valence-electron chi connectivity index (χ1n) is 5.90. The fourth-order valence-corrected chi connectivity index (χ4v) is 3.47. The maximum Gasteiger partial charge on any atom is 0.271 e. The molecule has 2 N–H and O–H groups in total. The van der Waals surface area contributed by atoms with Gasteiger partial charge in [-0.05, 0) is 19.0 Å². The first-order valence-corrected chi connectivity index (χ1v) is 7.12. The SMILES string of the molecule is Cl.O=[N+]([O-])c1ccc2nc([S@](=O)[C@H]3CCNC3)[nH]c2c1. The molecule has 2 aromatic rings. The van der Waals surface area contributed by atoms with Crippen LogP contribution >= 0.6 is 12.4 Å². The lowest BCUT2D eigenvalue weighted by Crippen LogP contribution is -2.19. The van der Waals surface area contributed by atoms with Gasteiger partial charge >= 0.3 is 0 Å². The molecule has 1 fully saturated rings. The Labute approximate surface area is 123 Å². The summed E-state index contributed by atoms with van der Waals surface area (Å²) in [7, 11) is -1.21. The molecule has 0 amide bonds. The van der Waals surface area contributed by atoms with Gasteiger partial charge in [0.25, 0.3) is 5.69 Å². The molecule has 1 aromatic carbocycles. The predicted molar refractivity (Wildman–Crippen MR) is 77.7 cm³/mol. The Balaban J connectivity index is 0.00000147. The van der Waals surface area contributed by atoms with Crippen molar-refractivity contribution in [3.8, 4) is 0 Å². The largest absolute Gasteiger partial charge is 0.331 e. The van der Waals surface area contributed by atoms with Gasteiger partial charge in [-0.1, -0.05) is 0 Å². The number of nitro groups is 1. The number of benzene rings is 1. The van der Waals surface area contributed by atoms with E-state index in [0.717, 1.165) is 13.0 Å². The zero-order valence-electron chi connectivity index (χ0n) is 10.4. The van der Waals surface area contributed by atoms with Gasteiger partial charge in [0.15, 0.2) is 5.16 Å². The third kappa shape index (κ3) is 2.67. The van der Waals surface area contributed by atoms with E-state index < -0.39 is 15.7 Å². The second-order valence-electron chi connectivity index (χ2n) is 4.41. The summed E-state index contributed by atoms with van der Waals surface area (Å²) in [5.41, 5.74) is 1.14. The molecule has 7 nitrogen and oxygen atoms in total. The van der Waals surface area contributed by atoms with Crippen LogP contribution in [0.1, 0.15) is 6.42 Å². The van der Waals surface area contributed by atoms with E-state index in [9.17, 15) is 14.3 Å². The van der Waals surface area contributed by atoms with E-state index in [-0.39, 0.29) is 23.3 Å². The monoisotopic (exact) mass is 316 g/mol. The number of nitrogens with zero attached hydrogens (tertiary/aromatic N) is 2.